The molecule has 1 fully saturated rings. The van der Waals surface area contributed by atoms with Crippen molar-refractivity contribution in [2.45, 2.75) is 37.8 Å². The van der Waals surface area contributed by atoms with Crippen molar-refractivity contribution in [2.75, 3.05) is 7.11 Å². The summed E-state index contributed by atoms with van der Waals surface area (Å²) in [6, 6.07) is 8.03. The Kier molecular flexibility index (Phi) is 3.35. The van der Waals surface area contributed by atoms with Gasteiger partial charge in [-0.05, 0) is 17.7 Å². The number of hydrogen-bond acceptors (Lipinski definition) is 3. The quantitative estimate of drug-likeness (QED) is 0.764. The maximum absolute atomic E-state index is 5.96. The zero-order valence-corrected chi connectivity index (χ0v) is 10.5. The second-order valence-electron chi connectivity index (χ2n) is 4.85. The first-order valence-electron chi connectivity index (χ1n) is 6.42. The van der Waals surface area contributed by atoms with Crippen molar-refractivity contribution in [3.8, 4) is 5.75 Å². The number of rotatable bonds is 4. The average molecular weight is 246 g/mol. The highest BCUT2D eigenvalue weighted by molar-refractivity contribution is 5.26. The Labute approximate surface area is 107 Å². The molecule has 3 heteroatoms. The first kappa shape index (κ1) is 11.8. The molecule has 3 atom stereocenters. The minimum atomic E-state index is 0.268. The molecule has 0 saturated carbocycles. The molecule has 0 radical (unpaired) electrons. The van der Waals surface area contributed by atoms with Crippen molar-refractivity contribution >= 4 is 0 Å². The lowest BCUT2D eigenvalue weighted by Crippen LogP contribution is -2.31. The summed E-state index contributed by atoms with van der Waals surface area (Å²) in [5, 5.41) is 0. The van der Waals surface area contributed by atoms with Crippen LogP contribution in [0.5, 0.6) is 5.75 Å². The fourth-order valence-electron chi connectivity index (χ4n) is 2.52. The molecule has 1 saturated heterocycles. The molecule has 1 aromatic rings. The van der Waals surface area contributed by atoms with E-state index in [2.05, 4.69) is 12.2 Å². The van der Waals surface area contributed by atoms with Gasteiger partial charge in [0.25, 0.3) is 0 Å². The number of ether oxygens (including phenoxy) is 3. The molecule has 0 N–H and O–H groups in total. The molecule has 0 aromatic heterocycles. The van der Waals surface area contributed by atoms with Gasteiger partial charge in [0.05, 0.1) is 32.0 Å². The predicted octanol–water partition coefficient (Wildman–Crippen LogP) is 2.70. The van der Waals surface area contributed by atoms with Crippen LogP contribution in [0.4, 0.5) is 0 Å². The summed E-state index contributed by atoms with van der Waals surface area (Å²) in [6.07, 6.45) is 7.11. The summed E-state index contributed by atoms with van der Waals surface area (Å²) in [4.78, 5) is 0. The van der Waals surface area contributed by atoms with Crippen LogP contribution in [0, 0.1) is 0 Å². The Morgan fingerprint density at radius 3 is 2.39 bits per heavy atom. The first-order chi connectivity index (χ1) is 8.83. The third-order valence-corrected chi connectivity index (χ3v) is 3.53. The van der Waals surface area contributed by atoms with Gasteiger partial charge in [0.2, 0.25) is 0 Å². The van der Waals surface area contributed by atoms with Crippen LogP contribution >= 0.6 is 0 Å². The molecular weight excluding hydrogens is 228 g/mol. The zero-order valence-electron chi connectivity index (χ0n) is 10.5. The summed E-state index contributed by atoms with van der Waals surface area (Å²) in [7, 11) is 1.68. The van der Waals surface area contributed by atoms with Crippen molar-refractivity contribution < 1.29 is 14.2 Å². The molecule has 2 aliphatic rings. The smallest absolute Gasteiger partial charge is 0.118 e. The number of fused-ring (bicyclic) bond motifs is 2. The highest BCUT2D eigenvalue weighted by Crippen LogP contribution is 2.29. The van der Waals surface area contributed by atoms with Gasteiger partial charge in [0.15, 0.2) is 0 Å². The summed E-state index contributed by atoms with van der Waals surface area (Å²) >= 11 is 0. The minimum absolute atomic E-state index is 0.268. The van der Waals surface area contributed by atoms with Crippen LogP contribution in [-0.4, -0.2) is 25.4 Å². The van der Waals surface area contributed by atoms with Gasteiger partial charge in [-0.2, -0.15) is 0 Å². The van der Waals surface area contributed by atoms with E-state index in [9.17, 15) is 0 Å². The Morgan fingerprint density at radius 1 is 1.11 bits per heavy atom. The predicted molar refractivity (Wildman–Crippen MR) is 68.6 cm³/mol. The molecule has 3 rings (SSSR count). The van der Waals surface area contributed by atoms with E-state index in [0.29, 0.717) is 12.7 Å². The van der Waals surface area contributed by atoms with Crippen molar-refractivity contribution in [2.24, 2.45) is 0 Å². The SMILES string of the molecule is COc1ccc(COC2C[C@H]3C=C[C@@H](C2)O3)cc1. The van der Waals surface area contributed by atoms with Crippen LogP contribution < -0.4 is 4.74 Å². The zero-order chi connectivity index (χ0) is 12.4. The van der Waals surface area contributed by atoms with E-state index in [1.165, 1.54) is 5.56 Å². The van der Waals surface area contributed by atoms with Crippen LogP contribution in [0.2, 0.25) is 0 Å². The van der Waals surface area contributed by atoms with E-state index >= 15 is 0 Å². The monoisotopic (exact) mass is 246 g/mol. The van der Waals surface area contributed by atoms with Gasteiger partial charge in [-0.3, -0.25) is 0 Å². The van der Waals surface area contributed by atoms with Crippen LogP contribution in [0.15, 0.2) is 36.4 Å². The van der Waals surface area contributed by atoms with Gasteiger partial charge in [-0.15, -0.1) is 0 Å². The van der Waals surface area contributed by atoms with Crippen LogP contribution in [0.25, 0.3) is 0 Å². The van der Waals surface area contributed by atoms with Crippen molar-refractivity contribution in [3.05, 3.63) is 42.0 Å². The standard InChI is InChI=1S/C15H18O3/c1-16-12-4-2-11(3-5-12)10-17-15-8-13-6-7-14(9-15)18-13/h2-7,13-15H,8-10H2,1H3/t13-,14+,15?. The first-order valence-corrected chi connectivity index (χ1v) is 6.42. The van der Waals surface area contributed by atoms with Gasteiger partial charge < -0.3 is 14.2 Å². The highest BCUT2D eigenvalue weighted by Gasteiger charge is 2.31. The largest absolute Gasteiger partial charge is 0.497 e. The summed E-state index contributed by atoms with van der Waals surface area (Å²) in [5.74, 6) is 0.882. The summed E-state index contributed by atoms with van der Waals surface area (Å²) < 4.78 is 16.8. The fraction of sp³-hybridized carbons (Fsp3) is 0.467. The fourth-order valence-corrected chi connectivity index (χ4v) is 2.52. The molecule has 18 heavy (non-hydrogen) atoms. The third kappa shape index (κ3) is 2.57. The summed E-state index contributed by atoms with van der Waals surface area (Å²) in [5.41, 5.74) is 1.18. The van der Waals surface area contributed by atoms with Crippen LogP contribution in [-0.2, 0) is 16.1 Å². The van der Waals surface area contributed by atoms with E-state index in [4.69, 9.17) is 14.2 Å². The molecule has 3 nitrogen and oxygen atoms in total. The van der Waals surface area contributed by atoms with E-state index in [0.717, 1.165) is 18.6 Å². The van der Waals surface area contributed by atoms with Gasteiger partial charge in [-0.1, -0.05) is 24.3 Å². The van der Waals surface area contributed by atoms with E-state index in [-0.39, 0.29) is 12.2 Å². The third-order valence-electron chi connectivity index (χ3n) is 3.53. The lowest BCUT2D eigenvalue weighted by molar-refractivity contribution is -0.0764. The maximum Gasteiger partial charge on any atom is 0.118 e. The Balaban J connectivity index is 1.52. The van der Waals surface area contributed by atoms with Gasteiger partial charge in [0, 0.05) is 12.8 Å². The number of methoxy groups -OCH3 is 1. The van der Waals surface area contributed by atoms with Gasteiger partial charge in [-0.25, -0.2) is 0 Å². The lowest BCUT2D eigenvalue weighted by atomic mass is 10.1. The second-order valence-corrected chi connectivity index (χ2v) is 4.85. The Morgan fingerprint density at radius 2 is 1.78 bits per heavy atom. The number of hydrogen-bond donors (Lipinski definition) is 0. The number of benzene rings is 1. The van der Waals surface area contributed by atoms with Crippen molar-refractivity contribution in [3.63, 3.8) is 0 Å². The molecule has 0 amide bonds. The normalized spacial score (nSPS) is 29.5. The maximum atomic E-state index is 5.96. The van der Waals surface area contributed by atoms with Crippen LogP contribution in [0.3, 0.4) is 0 Å². The lowest BCUT2D eigenvalue weighted by Gasteiger charge is -2.28. The minimum Gasteiger partial charge on any atom is -0.497 e. The molecule has 1 aromatic carbocycles. The Bertz CT molecular complexity index is 410. The molecule has 1 unspecified atom stereocenters. The van der Waals surface area contributed by atoms with Crippen molar-refractivity contribution in [1.29, 1.82) is 0 Å². The van der Waals surface area contributed by atoms with Gasteiger partial charge >= 0.3 is 0 Å². The second kappa shape index (κ2) is 5.12. The van der Waals surface area contributed by atoms with Gasteiger partial charge in [0.1, 0.15) is 5.75 Å². The molecule has 2 aliphatic heterocycles. The Hall–Kier alpha value is -1.32. The molecule has 2 heterocycles. The molecule has 2 bridgehead atoms. The van der Waals surface area contributed by atoms with Crippen molar-refractivity contribution in [1.82, 2.24) is 0 Å². The van der Waals surface area contributed by atoms with E-state index in [1.807, 2.05) is 24.3 Å². The van der Waals surface area contributed by atoms with E-state index < -0.39 is 0 Å². The van der Waals surface area contributed by atoms with Crippen LogP contribution in [0.1, 0.15) is 18.4 Å². The van der Waals surface area contributed by atoms with E-state index in [1.54, 1.807) is 7.11 Å². The topological polar surface area (TPSA) is 27.7 Å². The summed E-state index contributed by atoms with van der Waals surface area (Å²) in [6.45, 7) is 0.661. The average Bonchev–Trinajstić information content (AvgIpc) is 2.76. The highest BCUT2D eigenvalue weighted by atomic mass is 16.5. The molecule has 0 spiro atoms. The molecular formula is C15H18O3. The molecule has 0 aliphatic carbocycles. The molecule has 96 valence electrons.